The number of benzene rings is 1. The monoisotopic (exact) mass is 262 g/mol. The van der Waals surface area contributed by atoms with Crippen molar-refractivity contribution in [1.29, 1.82) is 0 Å². The van der Waals surface area contributed by atoms with Crippen molar-refractivity contribution >= 4 is 11.6 Å². The molecule has 1 atom stereocenters. The SMILES string of the molecule is CCOCC(C)Nc1ccc(C(=O)NC2CC2)cc1. The van der Waals surface area contributed by atoms with E-state index >= 15 is 0 Å². The summed E-state index contributed by atoms with van der Waals surface area (Å²) in [6.07, 6.45) is 2.22. The second kappa shape index (κ2) is 6.57. The number of hydrogen-bond acceptors (Lipinski definition) is 3. The molecular weight excluding hydrogens is 240 g/mol. The molecule has 0 heterocycles. The molecule has 0 spiro atoms. The van der Waals surface area contributed by atoms with E-state index < -0.39 is 0 Å². The number of amides is 1. The molecule has 4 heteroatoms. The van der Waals surface area contributed by atoms with Gasteiger partial charge in [-0.05, 0) is 51.0 Å². The van der Waals surface area contributed by atoms with Crippen LogP contribution >= 0.6 is 0 Å². The number of carbonyl (C=O) groups is 1. The number of hydrogen-bond donors (Lipinski definition) is 2. The number of carbonyl (C=O) groups excluding carboxylic acids is 1. The molecule has 4 nitrogen and oxygen atoms in total. The molecule has 1 amide bonds. The predicted octanol–water partition coefficient (Wildman–Crippen LogP) is 2.42. The Labute approximate surface area is 114 Å². The Morgan fingerprint density at radius 3 is 2.63 bits per heavy atom. The lowest BCUT2D eigenvalue weighted by Gasteiger charge is -2.15. The van der Waals surface area contributed by atoms with Gasteiger partial charge in [0.25, 0.3) is 5.91 Å². The zero-order chi connectivity index (χ0) is 13.7. The van der Waals surface area contributed by atoms with Crippen LogP contribution in [0.25, 0.3) is 0 Å². The summed E-state index contributed by atoms with van der Waals surface area (Å²) < 4.78 is 5.35. The van der Waals surface area contributed by atoms with Gasteiger partial charge in [-0.3, -0.25) is 4.79 Å². The van der Waals surface area contributed by atoms with E-state index in [-0.39, 0.29) is 11.9 Å². The summed E-state index contributed by atoms with van der Waals surface area (Å²) in [5, 5.41) is 6.32. The van der Waals surface area contributed by atoms with Gasteiger partial charge in [0.2, 0.25) is 0 Å². The lowest BCUT2D eigenvalue weighted by Crippen LogP contribution is -2.25. The highest BCUT2D eigenvalue weighted by atomic mass is 16.5. The van der Waals surface area contributed by atoms with Gasteiger partial charge in [0, 0.05) is 29.9 Å². The highest BCUT2D eigenvalue weighted by molar-refractivity contribution is 5.94. The minimum Gasteiger partial charge on any atom is -0.380 e. The van der Waals surface area contributed by atoms with Crippen LogP contribution in [0, 0.1) is 0 Å². The molecule has 104 valence electrons. The normalized spacial score (nSPS) is 15.9. The summed E-state index contributed by atoms with van der Waals surface area (Å²) in [5.74, 6) is 0.0245. The quantitative estimate of drug-likeness (QED) is 0.793. The fraction of sp³-hybridized carbons (Fsp3) is 0.533. The third-order valence-electron chi connectivity index (χ3n) is 3.04. The molecular formula is C15H22N2O2. The largest absolute Gasteiger partial charge is 0.380 e. The van der Waals surface area contributed by atoms with Gasteiger partial charge in [-0.15, -0.1) is 0 Å². The molecule has 19 heavy (non-hydrogen) atoms. The van der Waals surface area contributed by atoms with E-state index in [9.17, 15) is 4.79 Å². The fourth-order valence-corrected chi connectivity index (χ4v) is 1.84. The Morgan fingerprint density at radius 2 is 2.05 bits per heavy atom. The van der Waals surface area contributed by atoms with Gasteiger partial charge in [-0.25, -0.2) is 0 Å². The Morgan fingerprint density at radius 1 is 1.37 bits per heavy atom. The number of anilines is 1. The van der Waals surface area contributed by atoms with Crippen LogP contribution in [0.2, 0.25) is 0 Å². The van der Waals surface area contributed by atoms with Gasteiger partial charge in [0.05, 0.1) is 6.61 Å². The first-order valence-corrected chi connectivity index (χ1v) is 6.94. The van der Waals surface area contributed by atoms with E-state index in [2.05, 4.69) is 17.6 Å². The third kappa shape index (κ3) is 4.56. The average molecular weight is 262 g/mol. The molecule has 1 fully saturated rings. The van der Waals surface area contributed by atoms with E-state index in [4.69, 9.17) is 4.74 Å². The van der Waals surface area contributed by atoms with E-state index in [1.165, 1.54) is 0 Å². The lowest BCUT2D eigenvalue weighted by atomic mass is 10.2. The second-order valence-electron chi connectivity index (χ2n) is 5.03. The van der Waals surface area contributed by atoms with Crippen molar-refractivity contribution in [2.45, 2.75) is 38.8 Å². The van der Waals surface area contributed by atoms with Crippen molar-refractivity contribution in [2.24, 2.45) is 0 Å². The molecule has 2 rings (SSSR count). The van der Waals surface area contributed by atoms with Crippen LogP contribution in [-0.4, -0.2) is 31.2 Å². The van der Waals surface area contributed by atoms with Crippen LogP contribution in [0.15, 0.2) is 24.3 Å². The topological polar surface area (TPSA) is 50.4 Å². The highest BCUT2D eigenvalue weighted by Crippen LogP contribution is 2.19. The van der Waals surface area contributed by atoms with Crippen LogP contribution in [0.3, 0.4) is 0 Å². The van der Waals surface area contributed by atoms with Gasteiger partial charge in [0.15, 0.2) is 0 Å². The van der Waals surface area contributed by atoms with Crippen LogP contribution < -0.4 is 10.6 Å². The van der Waals surface area contributed by atoms with E-state index in [0.717, 1.165) is 30.7 Å². The predicted molar refractivity (Wildman–Crippen MR) is 76.5 cm³/mol. The van der Waals surface area contributed by atoms with Crippen molar-refractivity contribution in [2.75, 3.05) is 18.5 Å². The van der Waals surface area contributed by atoms with Crippen molar-refractivity contribution in [3.8, 4) is 0 Å². The van der Waals surface area contributed by atoms with Crippen molar-refractivity contribution in [3.63, 3.8) is 0 Å². The Bertz CT molecular complexity index is 413. The lowest BCUT2D eigenvalue weighted by molar-refractivity contribution is 0.0951. The summed E-state index contributed by atoms with van der Waals surface area (Å²) in [4.78, 5) is 11.8. The number of nitrogens with one attached hydrogen (secondary N) is 2. The molecule has 0 bridgehead atoms. The minimum atomic E-state index is 0.0245. The Hall–Kier alpha value is -1.55. The first-order chi connectivity index (χ1) is 9.19. The Balaban J connectivity index is 1.84. The summed E-state index contributed by atoms with van der Waals surface area (Å²) in [6, 6.07) is 8.23. The molecule has 0 saturated heterocycles. The second-order valence-corrected chi connectivity index (χ2v) is 5.03. The zero-order valence-electron chi connectivity index (χ0n) is 11.6. The van der Waals surface area contributed by atoms with Crippen molar-refractivity contribution in [3.05, 3.63) is 29.8 Å². The maximum Gasteiger partial charge on any atom is 0.251 e. The summed E-state index contributed by atoms with van der Waals surface area (Å²) in [5.41, 5.74) is 1.73. The maximum absolute atomic E-state index is 11.8. The summed E-state index contributed by atoms with van der Waals surface area (Å²) in [7, 11) is 0. The van der Waals surface area contributed by atoms with Crippen LogP contribution in [0.5, 0.6) is 0 Å². The fourth-order valence-electron chi connectivity index (χ4n) is 1.84. The smallest absolute Gasteiger partial charge is 0.251 e. The van der Waals surface area contributed by atoms with Crippen molar-refractivity contribution in [1.82, 2.24) is 5.32 Å². The molecule has 1 unspecified atom stereocenters. The van der Waals surface area contributed by atoms with Gasteiger partial charge >= 0.3 is 0 Å². The highest BCUT2D eigenvalue weighted by Gasteiger charge is 2.23. The van der Waals surface area contributed by atoms with Gasteiger partial charge in [0.1, 0.15) is 0 Å². The molecule has 0 radical (unpaired) electrons. The van der Waals surface area contributed by atoms with E-state index in [0.29, 0.717) is 12.6 Å². The van der Waals surface area contributed by atoms with Crippen molar-refractivity contribution < 1.29 is 9.53 Å². The molecule has 1 aliphatic rings. The average Bonchev–Trinajstić information content (AvgIpc) is 3.21. The molecule has 1 aromatic rings. The maximum atomic E-state index is 11.8. The van der Waals surface area contributed by atoms with Gasteiger partial charge in [-0.1, -0.05) is 0 Å². The molecule has 0 aliphatic heterocycles. The standard InChI is InChI=1S/C15H22N2O2/c1-3-19-10-11(2)16-13-6-4-12(5-7-13)15(18)17-14-8-9-14/h4-7,11,14,16H,3,8-10H2,1-2H3,(H,17,18). The number of rotatable bonds is 7. The molecule has 1 saturated carbocycles. The Kier molecular flexibility index (Phi) is 4.80. The zero-order valence-corrected chi connectivity index (χ0v) is 11.6. The van der Waals surface area contributed by atoms with Gasteiger partial charge in [-0.2, -0.15) is 0 Å². The van der Waals surface area contributed by atoms with Crippen LogP contribution in [-0.2, 0) is 4.74 Å². The summed E-state index contributed by atoms with van der Waals surface area (Å²) in [6.45, 7) is 5.47. The first kappa shape index (κ1) is 13.9. The van der Waals surface area contributed by atoms with E-state index in [1.54, 1.807) is 0 Å². The van der Waals surface area contributed by atoms with E-state index in [1.807, 2.05) is 31.2 Å². The molecule has 1 aliphatic carbocycles. The summed E-state index contributed by atoms with van der Waals surface area (Å²) >= 11 is 0. The first-order valence-electron chi connectivity index (χ1n) is 6.94. The van der Waals surface area contributed by atoms with Crippen LogP contribution in [0.1, 0.15) is 37.0 Å². The third-order valence-corrected chi connectivity index (χ3v) is 3.04. The number of ether oxygens (including phenoxy) is 1. The molecule has 1 aromatic carbocycles. The van der Waals surface area contributed by atoms with Gasteiger partial charge < -0.3 is 15.4 Å². The molecule has 2 N–H and O–H groups in total. The van der Waals surface area contributed by atoms with Crippen LogP contribution in [0.4, 0.5) is 5.69 Å². The minimum absolute atomic E-state index is 0.0245. The molecule has 0 aromatic heterocycles.